The number of halogens is 1. The lowest BCUT2D eigenvalue weighted by molar-refractivity contribution is -0.114. The van der Waals surface area contributed by atoms with E-state index < -0.39 is 0 Å². The maximum Gasteiger partial charge on any atom is 0.243 e. The van der Waals surface area contributed by atoms with Gasteiger partial charge in [0.15, 0.2) is 0 Å². The maximum atomic E-state index is 12.1. The van der Waals surface area contributed by atoms with E-state index in [1.165, 1.54) is 5.56 Å². The standard InChI is InChI=1S/C22H21BrN2O2/c23-20-11-4-5-12-21(20)25-22(26)16-24-18-9-6-10-19(15-18)27-14-13-17-7-2-1-3-8-17/h1-12,15,24H,13-14,16H2,(H,25,26). The number of carbonyl (C=O) groups is 1. The third-order valence-corrected chi connectivity index (χ3v) is 4.63. The number of rotatable bonds is 8. The van der Waals surface area contributed by atoms with Crippen molar-refractivity contribution in [2.45, 2.75) is 6.42 Å². The molecule has 0 atom stereocenters. The minimum Gasteiger partial charge on any atom is -0.493 e. The molecule has 138 valence electrons. The predicted octanol–water partition coefficient (Wildman–Crippen LogP) is 5.12. The summed E-state index contributed by atoms with van der Waals surface area (Å²) in [5.41, 5.74) is 2.84. The van der Waals surface area contributed by atoms with Crippen LogP contribution in [0.1, 0.15) is 5.56 Å². The number of hydrogen-bond donors (Lipinski definition) is 2. The van der Waals surface area contributed by atoms with Gasteiger partial charge in [0.05, 0.1) is 18.8 Å². The Hall–Kier alpha value is -2.79. The van der Waals surface area contributed by atoms with Gasteiger partial charge in [-0.15, -0.1) is 0 Å². The summed E-state index contributed by atoms with van der Waals surface area (Å²) in [6.07, 6.45) is 0.854. The van der Waals surface area contributed by atoms with Crippen molar-refractivity contribution in [1.29, 1.82) is 0 Å². The first-order valence-electron chi connectivity index (χ1n) is 8.76. The van der Waals surface area contributed by atoms with Crippen molar-refractivity contribution in [2.24, 2.45) is 0 Å². The highest BCUT2D eigenvalue weighted by atomic mass is 79.9. The number of carbonyl (C=O) groups excluding carboxylic acids is 1. The molecular formula is C22H21BrN2O2. The monoisotopic (exact) mass is 424 g/mol. The summed E-state index contributed by atoms with van der Waals surface area (Å²) >= 11 is 3.42. The van der Waals surface area contributed by atoms with Gasteiger partial charge in [-0.3, -0.25) is 4.79 Å². The van der Waals surface area contributed by atoms with Gasteiger partial charge in [0.25, 0.3) is 0 Å². The predicted molar refractivity (Wildman–Crippen MR) is 113 cm³/mol. The van der Waals surface area contributed by atoms with E-state index in [1.54, 1.807) is 0 Å². The Kier molecular flexibility index (Phi) is 6.88. The van der Waals surface area contributed by atoms with Crippen molar-refractivity contribution in [3.8, 4) is 5.75 Å². The second kappa shape index (κ2) is 9.78. The van der Waals surface area contributed by atoms with Crippen molar-refractivity contribution in [1.82, 2.24) is 0 Å². The Labute approximate surface area is 167 Å². The molecule has 3 aromatic rings. The van der Waals surface area contributed by atoms with Crippen LogP contribution in [-0.4, -0.2) is 19.1 Å². The summed E-state index contributed by atoms with van der Waals surface area (Å²) in [4.78, 5) is 12.1. The molecule has 1 amide bonds. The van der Waals surface area contributed by atoms with Crippen LogP contribution in [0.4, 0.5) is 11.4 Å². The first-order chi connectivity index (χ1) is 13.2. The van der Waals surface area contributed by atoms with Gasteiger partial charge < -0.3 is 15.4 Å². The zero-order chi connectivity index (χ0) is 18.9. The van der Waals surface area contributed by atoms with Crippen LogP contribution in [0.15, 0.2) is 83.3 Å². The van der Waals surface area contributed by atoms with Crippen molar-refractivity contribution < 1.29 is 9.53 Å². The van der Waals surface area contributed by atoms with Crippen molar-refractivity contribution in [3.05, 3.63) is 88.9 Å². The van der Waals surface area contributed by atoms with E-state index in [9.17, 15) is 4.79 Å². The van der Waals surface area contributed by atoms with E-state index in [0.29, 0.717) is 6.61 Å². The Balaban J connectivity index is 1.47. The average molecular weight is 425 g/mol. The topological polar surface area (TPSA) is 50.4 Å². The largest absolute Gasteiger partial charge is 0.493 e. The second-order valence-corrected chi connectivity index (χ2v) is 6.85. The Morgan fingerprint density at radius 3 is 2.52 bits per heavy atom. The molecule has 0 unspecified atom stereocenters. The van der Waals surface area contributed by atoms with Gasteiger partial charge in [-0.2, -0.15) is 0 Å². The van der Waals surface area contributed by atoms with E-state index in [-0.39, 0.29) is 12.5 Å². The van der Waals surface area contributed by atoms with Crippen LogP contribution in [-0.2, 0) is 11.2 Å². The molecule has 0 fully saturated rings. The van der Waals surface area contributed by atoms with Crippen LogP contribution in [0.5, 0.6) is 5.75 Å². The summed E-state index contributed by atoms with van der Waals surface area (Å²) in [6.45, 7) is 0.783. The van der Waals surface area contributed by atoms with Crippen LogP contribution in [0, 0.1) is 0 Å². The normalized spacial score (nSPS) is 10.3. The first-order valence-corrected chi connectivity index (χ1v) is 9.55. The van der Waals surface area contributed by atoms with E-state index in [2.05, 4.69) is 38.7 Å². The van der Waals surface area contributed by atoms with Crippen LogP contribution in [0.25, 0.3) is 0 Å². The first kappa shape index (κ1) is 19.0. The molecule has 0 saturated heterocycles. The molecule has 0 heterocycles. The fourth-order valence-electron chi connectivity index (χ4n) is 2.57. The Morgan fingerprint density at radius 2 is 1.70 bits per heavy atom. The fraction of sp³-hybridized carbons (Fsp3) is 0.136. The third-order valence-electron chi connectivity index (χ3n) is 3.94. The summed E-state index contributed by atoms with van der Waals surface area (Å²) < 4.78 is 6.68. The van der Waals surface area contributed by atoms with E-state index in [4.69, 9.17) is 4.74 Å². The highest BCUT2D eigenvalue weighted by Gasteiger charge is 2.05. The maximum absolute atomic E-state index is 12.1. The van der Waals surface area contributed by atoms with E-state index >= 15 is 0 Å². The summed E-state index contributed by atoms with van der Waals surface area (Å²) in [7, 11) is 0. The van der Waals surface area contributed by atoms with Crippen LogP contribution in [0.2, 0.25) is 0 Å². The number of benzene rings is 3. The minimum absolute atomic E-state index is 0.114. The van der Waals surface area contributed by atoms with Crippen LogP contribution < -0.4 is 15.4 Å². The number of anilines is 2. The number of nitrogens with one attached hydrogen (secondary N) is 2. The smallest absolute Gasteiger partial charge is 0.243 e. The van der Waals surface area contributed by atoms with Gasteiger partial charge in [-0.25, -0.2) is 0 Å². The molecule has 3 rings (SSSR count). The zero-order valence-electron chi connectivity index (χ0n) is 14.8. The number of hydrogen-bond acceptors (Lipinski definition) is 3. The average Bonchev–Trinajstić information content (AvgIpc) is 2.69. The summed E-state index contributed by atoms with van der Waals surface area (Å²) in [6, 6.07) is 25.4. The lowest BCUT2D eigenvalue weighted by atomic mass is 10.2. The van der Waals surface area contributed by atoms with Gasteiger partial charge in [-0.05, 0) is 45.8 Å². The molecule has 0 aliphatic rings. The molecule has 27 heavy (non-hydrogen) atoms. The highest BCUT2D eigenvalue weighted by molar-refractivity contribution is 9.10. The molecule has 4 nitrogen and oxygen atoms in total. The Bertz CT molecular complexity index is 884. The quantitative estimate of drug-likeness (QED) is 0.527. The molecule has 0 aliphatic carbocycles. The molecular weight excluding hydrogens is 404 g/mol. The third kappa shape index (κ3) is 6.15. The highest BCUT2D eigenvalue weighted by Crippen LogP contribution is 2.21. The molecule has 5 heteroatoms. The molecule has 0 aliphatic heterocycles. The van der Waals surface area contributed by atoms with E-state index in [0.717, 1.165) is 28.0 Å². The van der Waals surface area contributed by atoms with Crippen molar-refractivity contribution >= 4 is 33.2 Å². The van der Waals surface area contributed by atoms with Gasteiger partial charge in [0.1, 0.15) is 5.75 Å². The van der Waals surface area contributed by atoms with Crippen molar-refractivity contribution in [2.75, 3.05) is 23.8 Å². The van der Waals surface area contributed by atoms with Gasteiger partial charge in [-0.1, -0.05) is 48.5 Å². The van der Waals surface area contributed by atoms with Gasteiger partial charge >= 0.3 is 0 Å². The van der Waals surface area contributed by atoms with E-state index in [1.807, 2.05) is 66.7 Å². The zero-order valence-corrected chi connectivity index (χ0v) is 16.4. The molecule has 0 aromatic heterocycles. The number of ether oxygens (including phenoxy) is 1. The molecule has 0 saturated carbocycles. The van der Waals surface area contributed by atoms with Crippen LogP contribution in [0.3, 0.4) is 0 Å². The summed E-state index contributed by atoms with van der Waals surface area (Å²) in [5.74, 6) is 0.666. The summed E-state index contributed by atoms with van der Waals surface area (Å²) in [5, 5.41) is 5.99. The van der Waals surface area contributed by atoms with Gasteiger partial charge in [0.2, 0.25) is 5.91 Å². The van der Waals surface area contributed by atoms with Crippen molar-refractivity contribution in [3.63, 3.8) is 0 Å². The molecule has 0 spiro atoms. The Morgan fingerprint density at radius 1 is 0.926 bits per heavy atom. The fourth-order valence-corrected chi connectivity index (χ4v) is 2.95. The van der Waals surface area contributed by atoms with Gasteiger partial charge in [0, 0.05) is 22.6 Å². The number of amides is 1. The molecule has 0 bridgehead atoms. The molecule has 3 aromatic carbocycles. The molecule has 2 N–H and O–H groups in total. The van der Waals surface area contributed by atoms with Crippen LogP contribution >= 0.6 is 15.9 Å². The second-order valence-electron chi connectivity index (χ2n) is 5.99. The lowest BCUT2D eigenvalue weighted by Crippen LogP contribution is -2.21. The minimum atomic E-state index is -0.114. The molecule has 0 radical (unpaired) electrons. The lowest BCUT2D eigenvalue weighted by Gasteiger charge is -2.11. The number of para-hydroxylation sites is 1. The SMILES string of the molecule is O=C(CNc1cccc(OCCc2ccccc2)c1)Nc1ccccc1Br.